The van der Waals surface area contributed by atoms with Gasteiger partial charge in [0.2, 0.25) is 11.8 Å². The van der Waals surface area contributed by atoms with Gasteiger partial charge in [0.05, 0.1) is 17.8 Å². The van der Waals surface area contributed by atoms with Gasteiger partial charge in [-0.2, -0.15) is 0 Å². The van der Waals surface area contributed by atoms with Gasteiger partial charge in [-0.25, -0.2) is 0 Å². The van der Waals surface area contributed by atoms with E-state index in [2.05, 4.69) is 21.3 Å². The van der Waals surface area contributed by atoms with Crippen LogP contribution >= 0.6 is 0 Å². The second kappa shape index (κ2) is 10.8. The average molecular weight is 431 g/mol. The van der Waals surface area contributed by atoms with Gasteiger partial charge in [-0.1, -0.05) is 48.0 Å². The smallest absolute Gasteiger partial charge is 0.253 e. The Bertz CT molecular complexity index is 1110. The van der Waals surface area contributed by atoms with Gasteiger partial charge in [-0.3, -0.25) is 14.4 Å². The van der Waals surface area contributed by atoms with Gasteiger partial charge in [0.1, 0.15) is 0 Å². The number of nitrogens with one attached hydrogen (secondary N) is 4. The maximum atomic E-state index is 12.7. The lowest BCUT2D eigenvalue weighted by molar-refractivity contribution is -0.115. The number of amides is 3. The van der Waals surface area contributed by atoms with E-state index in [0.717, 1.165) is 11.1 Å². The van der Waals surface area contributed by atoms with Crippen molar-refractivity contribution in [1.82, 2.24) is 5.32 Å². The summed E-state index contributed by atoms with van der Waals surface area (Å²) in [6, 6.07) is 21.9. The van der Waals surface area contributed by atoms with Crippen molar-refractivity contribution in [2.75, 3.05) is 22.5 Å². The van der Waals surface area contributed by atoms with E-state index in [-0.39, 0.29) is 24.3 Å². The highest BCUT2D eigenvalue weighted by Gasteiger charge is 2.13. The first-order valence-electron chi connectivity index (χ1n) is 10.2. The number of benzene rings is 3. The fraction of sp³-hybridized carbons (Fsp3) is 0.160. The summed E-state index contributed by atoms with van der Waals surface area (Å²) in [6.07, 6.45) is 0. The van der Waals surface area contributed by atoms with Crippen molar-refractivity contribution in [2.24, 2.45) is 0 Å². The number of carbonyl (C=O) groups is 3. The highest BCUT2D eigenvalue weighted by atomic mass is 16.2. The van der Waals surface area contributed by atoms with E-state index in [4.69, 9.17) is 0 Å². The fourth-order valence-corrected chi connectivity index (χ4v) is 3.06. The second-order valence-corrected chi connectivity index (χ2v) is 7.38. The lowest BCUT2D eigenvalue weighted by Gasteiger charge is -2.13. The molecule has 164 valence electrons. The quantitative estimate of drug-likeness (QED) is 0.435. The van der Waals surface area contributed by atoms with Crippen LogP contribution in [0.3, 0.4) is 0 Å². The number of aryl methyl sites for hydroxylation is 1. The molecule has 7 heteroatoms. The molecule has 0 spiro atoms. The van der Waals surface area contributed by atoms with Crippen LogP contribution in [0.25, 0.3) is 0 Å². The molecule has 3 aromatic rings. The van der Waals surface area contributed by atoms with Crippen molar-refractivity contribution >= 4 is 34.8 Å². The summed E-state index contributed by atoms with van der Waals surface area (Å²) in [5, 5.41) is 11.4. The largest absolute Gasteiger partial charge is 0.376 e. The predicted octanol–water partition coefficient (Wildman–Crippen LogP) is 3.93. The summed E-state index contributed by atoms with van der Waals surface area (Å²) < 4.78 is 0. The average Bonchev–Trinajstić information content (AvgIpc) is 2.77. The van der Waals surface area contributed by atoms with E-state index in [1.54, 1.807) is 48.5 Å². The summed E-state index contributed by atoms with van der Waals surface area (Å²) in [5.41, 5.74) is 4.31. The van der Waals surface area contributed by atoms with Crippen molar-refractivity contribution in [3.05, 3.63) is 89.5 Å². The minimum atomic E-state index is -0.297. The minimum absolute atomic E-state index is 0.00282. The molecule has 0 aliphatic rings. The van der Waals surface area contributed by atoms with Gasteiger partial charge in [0.25, 0.3) is 5.91 Å². The van der Waals surface area contributed by atoms with Crippen LogP contribution in [0.1, 0.15) is 28.4 Å². The van der Waals surface area contributed by atoms with Crippen LogP contribution in [0.15, 0.2) is 72.8 Å². The lowest BCUT2D eigenvalue weighted by Crippen LogP contribution is -2.26. The van der Waals surface area contributed by atoms with Gasteiger partial charge in [0.15, 0.2) is 0 Å². The van der Waals surface area contributed by atoms with E-state index < -0.39 is 0 Å². The molecule has 0 heterocycles. The molecule has 0 unspecified atom stereocenters. The molecule has 0 atom stereocenters. The molecule has 0 saturated heterocycles. The van der Waals surface area contributed by atoms with Crippen LogP contribution < -0.4 is 21.3 Å². The Labute approximate surface area is 187 Å². The van der Waals surface area contributed by atoms with Crippen molar-refractivity contribution in [3.63, 3.8) is 0 Å². The molecule has 3 rings (SSSR count). The summed E-state index contributed by atoms with van der Waals surface area (Å²) in [7, 11) is 0. The van der Waals surface area contributed by atoms with Crippen LogP contribution in [0.2, 0.25) is 0 Å². The Morgan fingerprint density at radius 1 is 0.812 bits per heavy atom. The second-order valence-electron chi connectivity index (χ2n) is 7.38. The van der Waals surface area contributed by atoms with Crippen LogP contribution in [0, 0.1) is 6.92 Å². The first-order valence-corrected chi connectivity index (χ1v) is 10.2. The van der Waals surface area contributed by atoms with Gasteiger partial charge < -0.3 is 21.3 Å². The predicted molar refractivity (Wildman–Crippen MR) is 127 cm³/mol. The van der Waals surface area contributed by atoms with E-state index in [9.17, 15) is 14.4 Å². The molecule has 7 nitrogen and oxygen atoms in total. The van der Waals surface area contributed by atoms with Crippen molar-refractivity contribution < 1.29 is 14.4 Å². The van der Waals surface area contributed by atoms with Crippen LogP contribution in [-0.2, 0) is 16.1 Å². The molecule has 0 fully saturated rings. The normalized spacial score (nSPS) is 10.2. The number of hydrogen-bond acceptors (Lipinski definition) is 4. The molecule has 0 saturated carbocycles. The molecule has 32 heavy (non-hydrogen) atoms. The third kappa shape index (κ3) is 6.70. The van der Waals surface area contributed by atoms with Gasteiger partial charge in [0, 0.05) is 24.8 Å². The molecule has 0 radical (unpaired) electrons. The fourth-order valence-electron chi connectivity index (χ4n) is 3.06. The monoisotopic (exact) mass is 430 g/mol. The van der Waals surface area contributed by atoms with Crippen LogP contribution in [-0.4, -0.2) is 24.3 Å². The molecule has 0 aliphatic heterocycles. The summed E-state index contributed by atoms with van der Waals surface area (Å²) in [5.74, 6) is -0.733. The Morgan fingerprint density at radius 3 is 2.28 bits per heavy atom. The number of rotatable bonds is 8. The van der Waals surface area contributed by atoms with Crippen LogP contribution in [0.5, 0.6) is 0 Å². The first kappa shape index (κ1) is 22.6. The lowest BCUT2D eigenvalue weighted by atomic mass is 10.1. The molecule has 0 aromatic heterocycles. The molecular weight excluding hydrogens is 404 g/mol. The van der Waals surface area contributed by atoms with Crippen molar-refractivity contribution in [3.8, 4) is 0 Å². The third-order valence-electron chi connectivity index (χ3n) is 4.66. The number of carbonyl (C=O) groups excluding carboxylic acids is 3. The Balaban J connectivity index is 1.58. The molecule has 3 amide bonds. The maximum Gasteiger partial charge on any atom is 0.253 e. The molecular formula is C25H26N4O3. The minimum Gasteiger partial charge on any atom is -0.376 e. The van der Waals surface area contributed by atoms with E-state index in [0.29, 0.717) is 29.2 Å². The zero-order valence-corrected chi connectivity index (χ0v) is 18.1. The SMILES string of the molecule is CC(=O)Nc1cccc(NCC(=O)Nc2ccccc2C(=O)NCc2ccc(C)cc2)c1. The Kier molecular flexibility index (Phi) is 7.59. The van der Waals surface area contributed by atoms with Crippen molar-refractivity contribution in [2.45, 2.75) is 20.4 Å². The highest BCUT2D eigenvalue weighted by Crippen LogP contribution is 2.17. The van der Waals surface area contributed by atoms with E-state index >= 15 is 0 Å². The van der Waals surface area contributed by atoms with Gasteiger partial charge >= 0.3 is 0 Å². The highest BCUT2D eigenvalue weighted by molar-refractivity contribution is 6.04. The Morgan fingerprint density at radius 2 is 1.53 bits per heavy atom. The van der Waals surface area contributed by atoms with Gasteiger partial charge in [-0.05, 0) is 42.8 Å². The summed E-state index contributed by atoms with van der Waals surface area (Å²) in [6.45, 7) is 3.84. The zero-order valence-electron chi connectivity index (χ0n) is 18.1. The molecule has 4 N–H and O–H groups in total. The standard InChI is InChI=1S/C25H26N4O3/c1-17-10-12-19(13-11-17)15-27-25(32)22-8-3-4-9-23(22)29-24(31)16-26-20-6-5-7-21(14-20)28-18(2)30/h3-14,26H,15-16H2,1-2H3,(H,27,32)(H,28,30)(H,29,31). The van der Waals surface area contributed by atoms with Crippen LogP contribution in [0.4, 0.5) is 17.1 Å². The molecule has 0 aliphatic carbocycles. The van der Waals surface area contributed by atoms with E-state index in [1.165, 1.54) is 6.92 Å². The molecule has 0 bridgehead atoms. The third-order valence-corrected chi connectivity index (χ3v) is 4.66. The number of anilines is 3. The van der Waals surface area contributed by atoms with Gasteiger partial charge in [-0.15, -0.1) is 0 Å². The first-order chi connectivity index (χ1) is 15.4. The summed E-state index contributed by atoms with van der Waals surface area (Å²) >= 11 is 0. The topological polar surface area (TPSA) is 99.3 Å². The van der Waals surface area contributed by atoms with E-state index in [1.807, 2.05) is 31.2 Å². The number of para-hydroxylation sites is 1. The number of hydrogen-bond donors (Lipinski definition) is 4. The Hall–Kier alpha value is -4.13. The van der Waals surface area contributed by atoms with Crippen molar-refractivity contribution in [1.29, 1.82) is 0 Å². The molecule has 3 aromatic carbocycles. The zero-order chi connectivity index (χ0) is 22.9. The maximum absolute atomic E-state index is 12.7. The summed E-state index contributed by atoms with van der Waals surface area (Å²) in [4.78, 5) is 36.3.